The van der Waals surface area contributed by atoms with Gasteiger partial charge in [-0.1, -0.05) is 65.0 Å². The number of hydrogen-bond donors (Lipinski definition) is 3. The number of phenolic OH excluding ortho intramolecular Hbond substituents is 2. The lowest BCUT2D eigenvalue weighted by atomic mass is 9.70. The molecule has 0 heterocycles. The van der Waals surface area contributed by atoms with E-state index in [4.69, 9.17) is 16.3 Å². The molecule has 3 N–H and O–H groups in total. The number of anilines is 1. The molecule has 1 aliphatic carbocycles. The van der Waals surface area contributed by atoms with E-state index in [1.165, 1.54) is 18.2 Å². The van der Waals surface area contributed by atoms with Crippen LogP contribution in [0, 0.1) is 11.3 Å². The fraction of sp³-hybridized carbons (Fsp3) is 0.231. The van der Waals surface area contributed by atoms with Crippen LogP contribution in [-0.2, 0) is 15.4 Å². The molecule has 0 saturated heterocycles. The highest BCUT2D eigenvalue weighted by molar-refractivity contribution is 9.10. The number of nitriles is 1. The predicted octanol–water partition coefficient (Wildman–Crippen LogP) is 6.26. The average molecular weight is 606 g/mol. The SMILES string of the molecule is N#CC1(c2cc(NS(=O)(=O)c3cc(Br)cc(Cl)c3O)c(O)c(C(=O)Oc3ccccc3)c2)CCCCC1. The second kappa shape index (κ2) is 10.6. The number of esters is 1. The van der Waals surface area contributed by atoms with Gasteiger partial charge in [-0.15, -0.1) is 0 Å². The maximum atomic E-state index is 13.2. The largest absolute Gasteiger partial charge is 0.505 e. The van der Waals surface area contributed by atoms with Crippen LogP contribution in [0.2, 0.25) is 5.02 Å². The van der Waals surface area contributed by atoms with Crippen molar-refractivity contribution < 1.29 is 28.2 Å². The van der Waals surface area contributed by atoms with Crippen molar-refractivity contribution in [3.05, 3.63) is 75.2 Å². The predicted molar refractivity (Wildman–Crippen MR) is 142 cm³/mol. The number of para-hydroxylation sites is 1. The van der Waals surface area contributed by atoms with Crippen LogP contribution >= 0.6 is 27.5 Å². The molecule has 0 unspecified atom stereocenters. The molecule has 192 valence electrons. The molecule has 0 aliphatic heterocycles. The van der Waals surface area contributed by atoms with E-state index in [2.05, 4.69) is 26.7 Å². The number of phenols is 2. The van der Waals surface area contributed by atoms with Gasteiger partial charge in [0.1, 0.15) is 16.2 Å². The number of rotatable bonds is 6. The number of hydrogen-bond acceptors (Lipinski definition) is 7. The zero-order valence-electron chi connectivity index (χ0n) is 19.4. The van der Waals surface area contributed by atoms with E-state index < -0.39 is 37.8 Å². The van der Waals surface area contributed by atoms with Crippen LogP contribution < -0.4 is 9.46 Å². The highest BCUT2D eigenvalue weighted by Crippen LogP contribution is 2.44. The Morgan fingerprint density at radius 3 is 2.38 bits per heavy atom. The maximum Gasteiger partial charge on any atom is 0.347 e. The molecule has 1 aliphatic rings. The van der Waals surface area contributed by atoms with E-state index >= 15 is 0 Å². The lowest BCUT2D eigenvalue weighted by Crippen LogP contribution is -2.28. The molecule has 0 amide bonds. The minimum absolute atomic E-state index is 0.203. The van der Waals surface area contributed by atoms with Crippen LogP contribution in [-0.4, -0.2) is 24.6 Å². The van der Waals surface area contributed by atoms with Crippen LogP contribution in [0.15, 0.2) is 64.0 Å². The highest BCUT2D eigenvalue weighted by atomic mass is 79.9. The minimum Gasteiger partial charge on any atom is -0.505 e. The Morgan fingerprint density at radius 2 is 1.73 bits per heavy atom. The van der Waals surface area contributed by atoms with Crippen LogP contribution in [0.5, 0.6) is 17.2 Å². The third-order valence-electron chi connectivity index (χ3n) is 6.28. The van der Waals surface area contributed by atoms with Crippen LogP contribution in [0.3, 0.4) is 0 Å². The molecule has 3 aromatic carbocycles. The van der Waals surface area contributed by atoms with Gasteiger partial charge in [-0.3, -0.25) is 4.72 Å². The fourth-order valence-corrected chi connectivity index (χ4v) is 6.58. The van der Waals surface area contributed by atoms with Gasteiger partial charge in [-0.25, -0.2) is 13.2 Å². The summed E-state index contributed by atoms with van der Waals surface area (Å²) in [4.78, 5) is 12.5. The van der Waals surface area contributed by atoms with E-state index in [1.54, 1.807) is 30.3 Å². The molecule has 8 nitrogen and oxygen atoms in total. The normalized spacial score (nSPS) is 14.9. The molecule has 0 spiro atoms. The topological polar surface area (TPSA) is 137 Å². The number of carbonyl (C=O) groups is 1. The van der Waals surface area contributed by atoms with Crippen molar-refractivity contribution in [2.45, 2.75) is 42.4 Å². The number of aromatic hydroxyl groups is 2. The Hall–Kier alpha value is -3.26. The van der Waals surface area contributed by atoms with E-state index in [0.29, 0.717) is 22.9 Å². The van der Waals surface area contributed by atoms with Gasteiger partial charge in [-0.2, -0.15) is 5.26 Å². The summed E-state index contributed by atoms with van der Waals surface area (Å²) in [6, 6.07) is 15.7. The summed E-state index contributed by atoms with van der Waals surface area (Å²) in [5.41, 5.74) is -1.25. The van der Waals surface area contributed by atoms with Crippen LogP contribution in [0.1, 0.15) is 48.0 Å². The monoisotopic (exact) mass is 604 g/mol. The number of sulfonamides is 1. The summed E-state index contributed by atoms with van der Waals surface area (Å²) in [5.74, 6) is -2.07. The van der Waals surface area contributed by atoms with Gasteiger partial charge in [0, 0.05) is 4.47 Å². The van der Waals surface area contributed by atoms with Gasteiger partial charge in [-0.05, 0) is 54.8 Å². The summed E-state index contributed by atoms with van der Waals surface area (Å²) >= 11 is 9.10. The van der Waals surface area contributed by atoms with Crippen molar-refractivity contribution in [2.24, 2.45) is 0 Å². The van der Waals surface area contributed by atoms with Crippen molar-refractivity contribution in [1.82, 2.24) is 0 Å². The summed E-state index contributed by atoms with van der Waals surface area (Å²) in [5, 5.41) is 31.2. The first kappa shape index (κ1) is 26.8. The molecule has 0 aromatic heterocycles. The van der Waals surface area contributed by atoms with Crippen molar-refractivity contribution in [3.63, 3.8) is 0 Å². The van der Waals surface area contributed by atoms with Gasteiger partial charge >= 0.3 is 5.97 Å². The van der Waals surface area contributed by atoms with Gasteiger partial charge in [0.05, 0.1) is 22.2 Å². The zero-order valence-corrected chi connectivity index (χ0v) is 22.5. The third-order valence-corrected chi connectivity index (χ3v) is 8.41. The number of carbonyl (C=O) groups excluding carboxylic acids is 1. The molecular formula is C26H22BrClN2O6S. The first-order valence-electron chi connectivity index (χ1n) is 11.3. The highest BCUT2D eigenvalue weighted by Gasteiger charge is 2.36. The molecule has 0 bridgehead atoms. The number of ether oxygens (including phenoxy) is 1. The quantitative estimate of drug-likeness (QED) is 0.171. The molecule has 1 saturated carbocycles. The molecule has 0 radical (unpaired) electrons. The summed E-state index contributed by atoms with van der Waals surface area (Å²) in [6.45, 7) is 0. The van der Waals surface area contributed by atoms with Gasteiger partial charge in [0.15, 0.2) is 11.5 Å². The van der Waals surface area contributed by atoms with Crippen molar-refractivity contribution >= 4 is 49.2 Å². The molecular weight excluding hydrogens is 584 g/mol. The van der Waals surface area contributed by atoms with Crippen LogP contribution in [0.25, 0.3) is 0 Å². The maximum absolute atomic E-state index is 13.2. The Balaban J connectivity index is 1.84. The number of benzene rings is 3. The molecule has 3 aromatic rings. The fourth-order valence-electron chi connectivity index (χ4n) is 4.36. The molecule has 11 heteroatoms. The van der Waals surface area contributed by atoms with E-state index in [-0.39, 0.29) is 22.0 Å². The van der Waals surface area contributed by atoms with Gasteiger partial charge in [0.2, 0.25) is 0 Å². The standard InChI is InChI=1S/C26H22BrClN2O6S/c27-17-13-20(28)24(32)22(14-17)37(34,35)30-21-12-16(26(15-29)9-5-2-6-10-26)11-19(23(21)31)25(33)36-18-7-3-1-4-8-18/h1,3-4,7-8,11-14,30-32H,2,5-6,9-10H2. The molecule has 37 heavy (non-hydrogen) atoms. The molecule has 0 atom stereocenters. The molecule has 1 fully saturated rings. The minimum atomic E-state index is -4.50. The first-order chi connectivity index (χ1) is 17.6. The van der Waals surface area contributed by atoms with E-state index in [9.17, 15) is 28.7 Å². The zero-order chi connectivity index (χ0) is 26.8. The summed E-state index contributed by atoms with van der Waals surface area (Å²) in [6.07, 6.45) is 3.53. The van der Waals surface area contributed by atoms with Gasteiger partial charge in [0.25, 0.3) is 10.0 Å². The van der Waals surface area contributed by atoms with Crippen LogP contribution in [0.4, 0.5) is 5.69 Å². The van der Waals surface area contributed by atoms with Gasteiger partial charge < -0.3 is 14.9 Å². The Bertz CT molecular complexity index is 1500. The van der Waals surface area contributed by atoms with Crippen molar-refractivity contribution in [1.29, 1.82) is 5.26 Å². The Morgan fingerprint density at radius 1 is 1.05 bits per heavy atom. The van der Waals surface area contributed by atoms with Crippen molar-refractivity contribution in [2.75, 3.05) is 4.72 Å². The number of nitrogens with zero attached hydrogens (tertiary/aromatic N) is 1. The second-order valence-electron chi connectivity index (χ2n) is 8.72. The average Bonchev–Trinajstić information content (AvgIpc) is 2.88. The third kappa shape index (κ3) is 5.54. The van der Waals surface area contributed by atoms with E-state index in [0.717, 1.165) is 25.3 Å². The smallest absolute Gasteiger partial charge is 0.347 e. The van der Waals surface area contributed by atoms with Crippen molar-refractivity contribution in [3.8, 4) is 23.3 Å². The molecule has 4 rings (SSSR count). The van der Waals surface area contributed by atoms with E-state index in [1.807, 2.05) is 0 Å². The lowest BCUT2D eigenvalue weighted by Gasteiger charge is -2.32. The summed E-state index contributed by atoms with van der Waals surface area (Å²) in [7, 11) is -4.50. The number of nitrogens with one attached hydrogen (secondary N) is 1. The summed E-state index contributed by atoms with van der Waals surface area (Å²) < 4.78 is 34.4. The lowest BCUT2D eigenvalue weighted by molar-refractivity contribution is 0.0731. The Kier molecular flexibility index (Phi) is 7.69. The Labute approximate surface area is 227 Å². The number of halogens is 2. The second-order valence-corrected chi connectivity index (χ2v) is 11.7. The first-order valence-corrected chi connectivity index (χ1v) is 14.0.